The molecule has 4 heterocycles. The van der Waals surface area contributed by atoms with E-state index < -0.39 is 0 Å². The van der Waals surface area contributed by atoms with E-state index in [1.165, 1.54) is 5.69 Å². The Kier molecular flexibility index (Phi) is 5.26. The minimum atomic E-state index is 0.0309. The largest absolute Gasteiger partial charge is 0.368 e. The van der Waals surface area contributed by atoms with Crippen LogP contribution in [-0.2, 0) is 11.8 Å². The Bertz CT molecular complexity index is 1070. The average molecular weight is 419 g/mol. The first-order valence-electron chi connectivity index (χ1n) is 11.2. The second-order valence-electron chi connectivity index (χ2n) is 8.67. The molecule has 7 heteroatoms. The van der Waals surface area contributed by atoms with Gasteiger partial charge in [0, 0.05) is 63.6 Å². The summed E-state index contributed by atoms with van der Waals surface area (Å²) in [6.07, 6.45) is 3.82. The molecule has 0 aliphatic carbocycles. The quantitative estimate of drug-likeness (QED) is 0.655. The van der Waals surface area contributed by atoms with Crippen molar-refractivity contribution in [2.75, 3.05) is 49.1 Å². The van der Waals surface area contributed by atoms with E-state index in [-0.39, 0.29) is 5.92 Å². The Labute approximate surface area is 183 Å². The molecule has 7 nitrogen and oxygen atoms in total. The number of piperazine rings is 1. The van der Waals surface area contributed by atoms with Crippen LogP contribution in [0.2, 0.25) is 0 Å². The standard InChI is InChI=1S/C24H30N6O/c1-18-21-10-11-25-23(22(21)27(2)26-18)30-12-6-7-19(17-30)24(31)29-15-13-28(14-16-29)20-8-4-3-5-9-20/h3-5,8-11,19H,6-7,12-17H2,1-2H3. The summed E-state index contributed by atoms with van der Waals surface area (Å²) < 4.78 is 1.92. The molecule has 0 saturated carbocycles. The number of carbonyl (C=O) groups is 1. The highest BCUT2D eigenvalue weighted by Crippen LogP contribution is 2.30. The smallest absolute Gasteiger partial charge is 0.227 e. The molecule has 0 radical (unpaired) electrons. The minimum Gasteiger partial charge on any atom is -0.368 e. The molecule has 5 rings (SSSR count). The van der Waals surface area contributed by atoms with E-state index in [4.69, 9.17) is 0 Å². The number of pyridine rings is 1. The highest BCUT2D eigenvalue weighted by molar-refractivity contribution is 5.91. The van der Waals surface area contributed by atoms with Crippen LogP contribution >= 0.6 is 0 Å². The van der Waals surface area contributed by atoms with Crippen LogP contribution in [-0.4, -0.2) is 64.8 Å². The number of piperidine rings is 1. The molecule has 162 valence electrons. The highest BCUT2D eigenvalue weighted by atomic mass is 16.2. The normalized spacial score (nSPS) is 19.8. The molecule has 2 aliphatic rings. The number of para-hydroxylation sites is 1. The number of hydrogen-bond donors (Lipinski definition) is 0. The molecule has 1 amide bonds. The Hall–Kier alpha value is -3.09. The molecule has 2 fully saturated rings. The number of benzene rings is 1. The Morgan fingerprint density at radius 3 is 2.55 bits per heavy atom. The van der Waals surface area contributed by atoms with Gasteiger partial charge in [0.1, 0.15) is 5.52 Å². The number of nitrogens with zero attached hydrogens (tertiary/aromatic N) is 6. The number of carbonyl (C=O) groups excluding carboxylic acids is 1. The SMILES string of the molecule is Cc1nn(C)c2c(N3CCCC(C(=O)N4CCN(c5ccccc5)CC4)C3)nccc12. The number of anilines is 2. The van der Waals surface area contributed by atoms with Crippen molar-refractivity contribution >= 4 is 28.3 Å². The van der Waals surface area contributed by atoms with Gasteiger partial charge in [-0.1, -0.05) is 18.2 Å². The number of hydrogen-bond acceptors (Lipinski definition) is 5. The van der Waals surface area contributed by atoms with Gasteiger partial charge in [-0.05, 0) is 38.0 Å². The van der Waals surface area contributed by atoms with E-state index in [0.29, 0.717) is 5.91 Å². The molecule has 2 aliphatic heterocycles. The van der Waals surface area contributed by atoms with Gasteiger partial charge in [0.25, 0.3) is 0 Å². The van der Waals surface area contributed by atoms with E-state index in [9.17, 15) is 4.79 Å². The summed E-state index contributed by atoms with van der Waals surface area (Å²) in [6, 6.07) is 12.5. The van der Waals surface area contributed by atoms with Gasteiger partial charge in [-0.2, -0.15) is 5.10 Å². The van der Waals surface area contributed by atoms with Gasteiger partial charge < -0.3 is 14.7 Å². The van der Waals surface area contributed by atoms with Gasteiger partial charge in [0.15, 0.2) is 5.82 Å². The van der Waals surface area contributed by atoms with E-state index in [2.05, 4.69) is 49.0 Å². The Morgan fingerprint density at radius 2 is 1.77 bits per heavy atom. The third-order valence-corrected chi connectivity index (χ3v) is 6.70. The summed E-state index contributed by atoms with van der Waals surface area (Å²) in [4.78, 5) is 24.8. The van der Waals surface area contributed by atoms with Crippen molar-refractivity contribution in [3.8, 4) is 0 Å². The molecule has 1 atom stereocenters. The lowest BCUT2D eigenvalue weighted by molar-refractivity contribution is -0.136. The van der Waals surface area contributed by atoms with Gasteiger partial charge in [-0.15, -0.1) is 0 Å². The summed E-state index contributed by atoms with van der Waals surface area (Å²) >= 11 is 0. The van der Waals surface area contributed by atoms with E-state index in [0.717, 1.165) is 74.5 Å². The lowest BCUT2D eigenvalue weighted by atomic mass is 9.96. The van der Waals surface area contributed by atoms with Gasteiger partial charge >= 0.3 is 0 Å². The third kappa shape index (κ3) is 3.73. The van der Waals surface area contributed by atoms with Crippen LogP contribution in [0.4, 0.5) is 11.5 Å². The van der Waals surface area contributed by atoms with Crippen LogP contribution < -0.4 is 9.80 Å². The molecule has 3 aromatic rings. The van der Waals surface area contributed by atoms with Gasteiger partial charge in [-0.3, -0.25) is 9.48 Å². The highest BCUT2D eigenvalue weighted by Gasteiger charge is 2.32. The molecule has 1 aromatic carbocycles. The van der Waals surface area contributed by atoms with Crippen LogP contribution in [0.1, 0.15) is 18.5 Å². The molecule has 0 spiro atoms. The van der Waals surface area contributed by atoms with Crippen molar-refractivity contribution in [2.24, 2.45) is 13.0 Å². The minimum absolute atomic E-state index is 0.0309. The molecule has 31 heavy (non-hydrogen) atoms. The summed E-state index contributed by atoms with van der Waals surface area (Å²) in [6.45, 7) is 7.06. The first kappa shape index (κ1) is 19.8. The number of aryl methyl sites for hydroxylation is 2. The summed E-state index contributed by atoms with van der Waals surface area (Å²) in [5, 5.41) is 5.71. The van der Waals surface area contributed by atoms with Gasteiger partial charge in [0.2, 0.25) is 5.91 Å². The fraction of sp³-hybridized carbons (Fsp3) is 0.458. The van der Waals surface area contributed by atoms with Crippen molar-refractivity contribution < 1.29 is 4.79 Å². The van der Waals surface area contributed by atoms with Crippen molar-refractivity contribution in [3.05, 3.63) is 48.3 Å². The first-order valence-corrected chi connectivity index (χ1v) is 11.2. The van der Waals surface area contributed by atoms with Crippen LogP contribution in [0.15, 0.2) is 42.6 Å². The predicted octanol–water partition coefficient (Wildman–Crippen LogP) is 2.84. The zero-order chi connectivity index (χ0) is 21.4. The van der Waals surface area contributed by atoms with Crippen LogP contribution in [0.5, 0.6) is 0 Å². The van der Waals surface area contributed by atoms with Crippen molar-refractivity contribution in [2.45, 2.75) is 19.8 Å². The molecule has 0 N–H and O–H groups in total. The maximum absolute atomic E-state index is 13.4. The molecule has 0 bridgehead atoms. The van der Waals surface area contributed by atoms with Crippen molar-refractivity contribution in [1.29, 1.82) is 0 Å². The monoisotopic (exact) mass is 418 g/mol. The van der Waals surface area contributed by atoms with E-state index in [1.54, 1.807) is 0 Å². The zero-order valence-electron chi connectivity index (χ0n) is 18.4. The average Bonchev–Trinajstić information content (AvgIpc) is 3.13. The lowest BCUT2D eigenvalue weighted by Gasteiger charge is -2.40. The fourth-order valence-electron chi connectivity index (χ4n) is 5.07. The summed E-state index contributed by atoms with van der Waals surface area (Å²) in [5.74, 6) is 1.28. The molecule has 1 unspecified atom stereocenters. The molecular weight excluding hydrogens is 388 g/mol. The lowest BCUT2D eigenvalue weighted by Crippen LogP contribution is -2.52. The molecular formula is C24H30N6O. The van der Waals surface area contributed by atoms with Crippen molar-refractivity contribution in [1.82, 2.24) is 19.7 Å². The maximum atomic E-state index is 13.4. The molecule has 2 aromatic heterocycles. The Morgan fingerprint density at radius 1 is 1.00 bits per heavy atom. The second kappa shape index (κ2) is 8.21. The number of amides is 1. The topological polar surface area (TPSA) is 57.5 Å². The van der Waals surface area contributed by atoms with Crippen molar-refractivity contribution in [3.63, 3.8) is 0 Å². The molecule has 2 saturated heterocycles. The second-order valence-corrected chi connectivity index (χ2v) is 8.67. The van der Waals surface area contributed by atoms with Crippen LogP contribution in [0.25, 0.3) is 10.9 Å². The summed E-state index contributed by atoms with van der Waals surface area (Å²) in [7, 11) is 1.97. The van der Waals surface area contributed by atoms with Gasteiger partial charge in [-0.25, -0.2) is 4.98 Å². The summed E-state index contributed by atoms with van der Waals surface area (Å²) in [5.41, 5.74) is 3.32. The fourth-order valence-corrected chi connectivity index (χ4v) is 5.07. The van der Waals surface area contributed by atoms with Crippen LogP contribution in [0, 0.1) is 12.8 Å². The number of fused-ring (bicyclic) bond motifs is 1. The Balaban J connectivity index is 1.28. The first-order chi connectivity index (χ1) is 15.1. The van der Waals surface area contributed by atoms with Gasteiger partial charge in [0.05, 0.1) is 11.6 Å². The van der Waals surface area contributed by atoms with E-state index in [1.807, 2.05) is 37.0 Å². The third-order valence-electron chi connectivity index (χ3n) is 6.70. The van der Waals surface area contributed by atoms with Crippen LogP contribution in [0.3, 0.4) is 0 Å². The van der Waals surface area contributed by atoms with E-state index >= 15 is 0 Å². The zero-order valence-corrected chi connectivity index (χ0v) is 18.4. The number of rotatable bonds is 3. The maximum Gasteiger partial charge on any atom is 0.227 e. The number of aromatic nitrogens is 3. The predicted molar refractivity (Wildman–Crippen MR) is 123 cm³/mol.